The molecule has 0 fully saturated rings. The molecule has 1 atom stereocenters. The van der Waals surface area contributed by atoms with Gasteiger partial charge >= 0.3 is 5.97 Å². The maximum Gasteiger partial charge on any atom is 0.302 e. The Bertz CT molecular complexity index is 793. The van der Waals surface area contributed by atoms with Gasteiger partial charge in [0.25, 0.3) is 5.56 Å². The Kier molecular flexibility index (Phi) is 3.01. The van der Waals surface area contributed by atoms with Gasteiger partial charge in [0, 0.05) is 25.8 Å². The number of esters is 1. The van der Waals surface area contributed by atoms with E-state index in [0.717, 1.165) is 10.9 Å². The van der Waals surface area contributed by atoms with Crippen molar-refractivity contribution in [3.05, 3.63) is 40.2 Å². The molecule has 1 aliphatic heterocycles. The lowest BCUT2D eigenvalue weighted by atomic mass is 10.0. The molecule has 1 aliphatic rings. The van der Waals surface area contributed by atoms with Crippen molar-refractivity contribution < 1.29 is 14.3 Å². The zero-order chi connectivity index (χ0) is 15.2. The van der Waals surface area contributed by atoms with Crippen LogP contribution in [-0.2, 0) is 23.0 Å². The fourth-order valence-electron chi connectivity index (χ4n) is 2.79. The summed E-state index contributed by atoms with van der Waals surface area (Å²) in [6.45, 7) is 3.35. The first-order valence-corrected chi connectivity index (χ1v) is 6.84. The van der Waals surface area contributed by atoms with Crippen LogP contribution in [0.15, 0.2) is 29.1 Å². The molecule has 1 aromatic heterocycles. The summed E-state index contributed by atoms with van der Waals surface area (Å²) >= 11 is 0. The molecule has 3 rings (SSSR count). The smallest absolute Gasteiger partial charge is 0.302 e. The van der Waals surface area contributed by atoms with Gasteiger partial charge in [0.2, 0.25) is 0 Å². The molecule has 5 nitrogen and oxygen atoms in total. The molecule has 1 unspecified atom stereocenters. The lowest BCUT2D eigenvalue weighted by Crippen LogP contribution is -2.37. The average molecular weight is 287 g/mol. The Balaban J connectivity index is 2.11. The van der Waals surface area contributed by atoms with Gasteiger partial charge in [-0.15, -0.1) is 0 Å². The van der Waals surface area contributed by atoms with Crippen molar-refractivity contribution in [1.82, 2.24) is 4.57 Å². The van der Waals surface area contributed by atoms with Gasteiger partial charge in [-0.2, -0.15) is 0 Å². The number of fused-ring (bicyclic) bond motifs is 3. The quantitative estimate of drug-likeness (QED) is 0.790. The van der Waals surface area contributed by atoms with E-state index in [-0.39, 0.29) is 18.1 Å². The second kappa shape index (κ2) is 4.62. The highest BCUT2D eigenvalue weighted by Gasteiger charge is 2.39. The van der Waals surface area contributed by atoms with E-state index in [1.165, 1.54) is 6.92 Å². The molecule has 5 heteroatoms. The third kappa shape index (κ3) is 2.18. The van der Waals surface area contributed by atoms with Crippen molar-refractivity contribution in [2.45, 2.75) is 25.9 Å². The number of rotatable bonds is 2. The lowest BCUT2D eigenvalue weighted by Gasteiger charge is -2.23. The Hall–Kier alpha value is -2.30. The lowest BCUT2D eigenvalue weighted by molar-refractivity contribution is -0.145. The van der Waals surface area contributed by atoms with Gasteiger partial charge in [-0.05, 0) is 19.1 Å². The van der Waals surface area contributed by atoms with Crippen LogP contribution in [0.4, 0.5) is 0 Å². The maximum absolute atomic E-state index is 12.5. The number of nitrogens with zero attached hydrogens (tertiary/aromatic N) is 1. The highest BCUT2D eigenvalue weighted by molar-refractivity contribution is 5.87. The van der Waals surface area contributed by atoms with E-state index in [9.17, 15) is 9.59 Å². The number of hydrogen-bond acceptors (Lipinski definition) is 4. The highest BCUT2D eigenvalue weighted by atomic mass is 16.6. The summed E-state index contributed by atoms with van der Waals surface area (Å²) < 4.78 is 12.7. The second-order valence-corrected chi connectivity index (χ2v) is 5.70. The van der Waals surface area contributed by atoms with E-state index < -0.39 is 5.60 Å². The van der Waals surface area contributed by atoms with E-state index in [1.807, 2.05) is 31.2 Å². The van der Waals surface area contributed by atoms with Crippen LogP contribution < -0.4 is 10.3 Å². The van der Waals surface area contributed by atoms with Gasteiger partial charge in [-0.1, -0.05) is 12.1 Å². The highest BCUT2D eigenvalue weighted by Crippen LogP contribution is 2.38. The molecule has 0 saturated carbocycles. The van der Waals surface area contributed by atoms with E-state index in [1.54, 1.807) is 11.6 Å². The van der Waals surface area contributed by atoms with Crippen molar-refractivity contribution in [3.63, 3.8) is 0 Å². The average Bonchev–Trinajstić information content (AvgIpc) is 2.82. The molecule has 0 radical (unpaired) electrons. The van der Waals surface area contributed by atoms with Crippen LogP contribution in [0.1, 0.15) is 19.4 Å². The summed E-state index contributed by atoms with van der Waals surface area (Å²) in [4.78, 5) is 23.5. The zero-order valence-corrected chi connectivity index (χ0v) is 12.3. The molecule has 0 spiro atoms. The number of aryl methyl sites for hydroxylation is 1. The number of benzene rings is 1. The van der Waals surface area contributed by atoms with Gasteiger partial charge in [0.05, 0.1) is 11.1 Å². The summed E-state index contributed by atoms with van der Waals surface area (Å²) in [6.07, 6.45) is 0.438. The van der Waals surface area contributed by atoms with Crippen molar-refractivity contribution in [3.8, 4) is 5.75 Å². The van der Waals surface area contributed by atoms with E-state index in [0.29, 0.717) is 17.7 Å². The van der Waals surface area contributed by atoms with Gasteiger partial charge in [0.1, 0.15) is 18.0 Å². The van der Waals surface area contributed by atoms with E-state index >= 15 is 0 Å². The van der Waals surface area contributed by atoms with Gasteiger partial charge in [-0.3, -0.25) is 9.59 Å². The molecule has 0 N–H and O–H groups in total. The predicted molar refractivity (Wildman–Crippen MR) is 78.6 cm³/mol. The maximum atomic E-state index is 12.5. The predicted octanol–water partition coefficient (Wildman–Crippen LogP) is 1.80. The minimum Gasteiger partial charge on any atom is -0.482 e. The number of aromatic nitrogens is 1. The van der Waals surface area contributed by atoms with E-state index in [2.05, 4.69) is 0 Å². The first kappa shape index (κ1) is 13.7. The molecule has 2 aromatic rings. The minimum atomic E-state index is -0.690. The Morgan fingerprint density at radius 3 is 2.86 bits per heavy atom. The van der Waals surface area contributed by atoms with E-state index in [4.69, 9.17) is 9.47 Å². The van der Waals surface area contributed by atoms with Crippen molar-refractivity contribution in [2.75, 3.05) is 6.61 Å². The molecule has 0 saturated heterocycles. The number of ether oxygens (including phenoxy) is 2. The molecule has 2 heterocycles. The standard InChI is InChI=1S/C16H17NO4/c1-10(18)20-9-16(2)8-12-14(21-16)11-6-4-5-7-13(11)17(3)15(12)19/h4-7H,8-9H2,1-3H3. The molecule has 110 valence electrons. The van der Waals surface area contributed by atoms with Crippen LogP contribution >= 0.6 is 0 Å². The van der Waals surface area contributed by atoms with Crippen LogP contribution in [0.3, 0.4) is 0 Å². The van der Waals surface area contributed by atoms with Gasteiger partial charge < -0.3 is 14.0 Å². The molecule has 1 aromatic carbocycles. The topological polar surface area (TPSA) is 57.5 Å². The van der Waals surface area contributed by atoms with Crippen LogP contribution in [0.25, 0.3) is 10.9 Å². The Labute approximate surface area is 122 Å². The summed E-state index contributed by atoms with van der Waals surface area (Å²) in [5.74, 6) is 0.261. The minimum absolute atomic E-state index is 0.0600. The fraction of sp³-hybridized carbons (Fsp3) is 0.375. The van der Waals surface area contributed by atoms with Crippen molar-refractivity contribution >= 4 is 16.9 Å². The second-order valence-electron chi connectivity index (χ2n) is 5.70. The van der Waals surface area contributed by atoms with Crippen molar-refractivity contribution in [2.24, 2.45) is 7.05 Å². The molecular formula is C16H17NO4. The molecule has 0 amide bonds. The third-order valence-corrected chi connectivity index (χ3v) is 3.83. The fourth-order valence-corrected chi connectivity index (χ4v) is 2.79. The molecule has 0 aliphatic carbocycles. The number of hydrogen-bond donors (Lipinski definition) is 0. The summed E-state index contributed by atoms with van der Waals surface area (Å²) in [5, 5.41) is 0.904. The number of carbonyl (C=O) groups is 1. The first-order chi connectivity index (χ1) is 9.91. The number of carbonyl (C=O) groups excluding carboxylic acids is 1. The summed E-state index contributed by atoms with van der Waals surface area (Å²) in [7, 11) is 1.76. The van der Waals surface area contributed by atoms with Crippen molar-refractivity contribution in [1.29, 1.82) is 0 Å². The summed E-state index contributed by atoms with van der Waals surface area (Å²) in [5.41, 5.74) is 0.726. The van der Waals surface area contributed by atoms with Gasteiger partial charge in [-0.25, -0.2) is 0 Å². The van der Waals surface area contributed by atoms with Crippen LogP contribution in [0, 0.1) is 0 Å². The molecular weight excluding hydrogens is 270 g/mol. The molecule has 0 bridgehead atoms. The van der Waals surface area contributed by atoms with Crippen LogP contribution in [0.2, 0.25) is 0 Å². The summed E-state index contributed by atoms with van der Waals surface area (Å²) in [6, 6.07) is 7.63. The normalized spacial score (nSPS) is 20.1. The van der Waals surface area contributed by atoms with Crippen LogP contribution in [-0.4, -0.2) is 22.7 Å². The molecule has 21 heavy (non-hydrogen) atoms. The third-order valence-electron chi connectivity index (χ3n) is 3.83. The number of pyridine rings is 1. The SMILES string of the molecule is CC(=O)OCC1(C)Cc2c(c3ccccc3n(C)c2=O)O1. The number of para-hydroxylation sites is 1. The van der Waals surface area contributed by atoms with Crippen LogP contribution in [0.5, 0.6) is 5.75 Å². The Morgan fingerprint density at radius 2 is 2.14 bits per heavy atom. The van der Waals surface area contributed by atoms with Gasteiger partial charge in [0.15, 0.2) is 0 Å². The largest absolute Gasteiger partial charge is 0.482 e. The zero-order valence-electron chi connectivity index (χ0n) is 12.3. The first-order valence-electron chi connectivity index (χ1n) is 6.84. The Morgan fingerprint density at radius 1 is 1.43 bits per heavy atom. The monoisotopic (exact) mass is 287 g/mol.